The van der Waals surface area contributed by atoms with Gasteiger partial charge in [0.2, 0.25) is 5.88 Å². The number of nitrogens with zero attached hydrogens (tertiary/aromatic N) is 2. The van der Waals surface area contributed by atoms with Gasteiger partial charge >= 0.3 is 0 Å². The second-order valence-corrected chi connectivity index (χ2v) is 6.35. The number of hydrazine groups is 1. The molecule has 0 aliphatic rings. The van der Waals surface area contributed by atoms with Crippen LogP contribution >= 0.6 is 11.6 Å². The van der Waals surface area contributed by atoms with Crippen LogP contribution in [0.5, 0.6) is 11.6 Å². The molecule has 1 heterocycles. The number of halogens is 2. The van der Waals surface area contributed by atoms with Crippen molar-refractivity contribution in [2.24, 2.45) is 0 Å². The van der Waals surface area contributed by atoms with E-state index in [0.29, 0.717) is 10.8 Å². The Bertz CT molecular complexity index is 1020. The number of aryl methyl sites for hydroxylation is 2. The number of anilines is 2. The Morgan fingerprint density at radius 1 is 1.18 bits per heavy atom. The number of ether oxygens (including phenoxy) is 1. The second kappa shape index (κ2) is 8.10. The number of hydrogen-bond acceptors (Lipinski definition) is 6. The molecule has 1 amide bonds. The van der Waals surface area contributed by atoms with E-state index in [1.54, 1.807) is 18.2 Å². The van der Waals surface area contributed by atoms with E-state index in [-0.39, 0.29) is 22.9 Å². The smallest absolute Gasteiger partial charge is 0.272 e. The number of hydrogen-bond donors (Lipinski definition) is 3. The Balaban J connectivity index is 1.76. The van der Waals surface area contributed by atoms with E-state index in [1.165, 1.54) is 24.5 Å². The first kappa shape index (κ1) is 19.4. The molecule has 1 aromatic heterocycles. The third-order valence-electron chi connectivity index (χ3n) is 3.88. The number of carbonyl (C=O) groups is 1. The largest absolute Gasteiger partial charge is 0.437 e. The van der Waals surface area contributed by atoms with Gasteiger partial charge in [0.15, 0.2) is 5.82 Å². The van der Waals surface area contributed by atoms with Crippen molar-refractivity contribution in [2.45, 2.75) is 13.8 Å². The number of nitrogen functional groups attached to an aromatic ring is 1. The van der Waals surface area contributed by atoms with Gasteiger partial charge in [-0.1, -0.05) is 23.7 Å². The molecule has 3 aromatic rings. The summed E-state index contributed by atoms with van der Waals surface area (Å²) in [5, 5.41) is 0.654. The number of nitrogens with two attached hydrogens (primary N) is 1. The van der Waals surface area contributed by atoms with Gasteiger partial charge < -0.3 is 10.5 Å². The molecule has 144 valence electrons. The van der Waals surface area contributed by atoms with E-state index in [0.717, 1.165) is 11.1 Å². The van der Waals surface area contributed by atoms with Crippen molar-refractivity contribution in [3.63, 3.8) is 0 Å². The highest BCUT2D eigenvalue weighted by molar-refractivity contribution is 6.32. The molecule has 9 heteroatoms. The molecule has 3 rings (SSSR count). The minimum absolute atomic E-state index is 0.0709. The average molecular weight is 402 g/mol. The zero-order valence-electron chi connectivity index (χ0n) is 15.1. The molecule has 7 nitrogen and oxygen atoms in total. The Morgan fingerprint density at radius 2 is 1.86 bits per heavy atom. The van der Waals surface area contributed by atoms with Crippen LogP contribution in [0.2, 0.25) is 5.02 Å². The molecule has 2 aromatic carbocycles. The van der Waals surface area contributed by atoms with Crippen molar-refractivity contribution >= 4 is 29.0 Å². The lowest BCUT2D eigenvalue weighted by Gasteiger charge is -2.13. The number of benzene rings is 2. The van der Waals surface area contributed by atoms with E-state index >= 15 is 0 Å². The highest BCUT2D eigenvalue weighted by atomic mass is 35.5. The summed E-state index contributed by atoms with van der Waals surface area (Å²) in [6, 6.07) is 9.10. The zero-order valence-corrected chi connectivity index (χ0v) is 15.8. The summed E-state index contributed by atoms with van der Waals surface area (Å²) < 4.78 is 19.4. The molecule has 0 aliphatic carbocycles. The lowest BCUT2D eigenvalue weighted by Crippen LogP contribution is -2.31. The van der Waals surface area contributed by atoms with Crippen LogP contribution in [0, 0.1) is 19.7 Å². The van der Waals surface area contributed by atoms with Crippen LogP contribution < -0.4 is 21.3 Å². The molecule has 0 radical (unpaired) electrons. The molecule has 0 bridgehead atoms. The third-order valence-corrected chi connectivity index (χ3v) is 4.48. The van der Waals surface area contributed by atoms with E-state index in [9.17, 15) is 9.18 Å². The minimum Gasteiger partial charge on any atom is -0.437 e. The lowest BCUT2D eigenvalue weighted by molar-refractivity contribution is 0.0958. The fraction of sp³-hybridized carbons (Fsp3) is 0.105. The van der Waals surface area contributed by atoms with Gasteiger partial charge in [-0.2, -0.15) is 4.98 Å². The molecular weight excluding hydrogens is 385 g/mol. The van der Waals surface area contributed by atoms with Crippen LogP contribution in [0.4, 0.5) is 15.9 Å². The van der Waals surface area contributed by atoms with Gasteiger partial charge in [0.1, 0.15) is 23.6 Å². The molecule has 0 spiro atoms. The molecular formula is C19H17ClFN5O2. The van der Waals surface area contributed by atoms with Gasteiger partial charge in [0.25, 0.3) is 5.91 Å². The van der Waals surface area contributed by atoms with Gasteiger partial charge in [-0.3, -0.25) is 15.6 Å². The third kappa shape index (κ3) is 4.12. The van der Waals surface area contributed by atoms with Gasteiger partial charge in [0.05, 0.1) is 5.56 Å². The Hall–Kier alpha value is -3.39. The maximum Gasteiger partial charge on any atom is 0.272 e. The van der Waals surface area contributed by atoms with Gasteiger partial charge in [0, 0.05) is 5.02 Å². The summed E-state index contributed by atoms with van der Waals surface area (Å²) in [5.41, 5.74) is 12.6. The first-order valence-corrected chi connectivity index (χ1v) is 8.60. The maximum atomic E-state index is 13.7. The molecule has 4 N–H and O–H groups in total. The quantitative estimate of drug-likeness (QED) is 0.558. The van der Waals surface area contributed by atoms with Crippen LogP contribution in [0.15, 0.2) is 42.7 Å². The zero-order chi connectivity index (χ0) is 20.3. The van der Waals surface area contributed by atoms with E-state index in [1.807, 2.05) is 13.8 Å². The van der Waals surface area contributed by atoms with Crippen LogP contribution in [-0.4, -0.2) is 15.9 Å². The number of carbonyl (C=O) groups excluding carboxylic acids is 1. The molecule has 0 atom stereocenters. The minimum atomic E-state index is -0.678. The van der Waals surface area contributed by atoms with Crippen molar-refractivity contribution in [1.29, 1.82) is 0 Å². The SMILES string of the molecule is Cc1cc(Oc2ncnc(NNC(=O)c3ccccc3F)c2N)cc(C)c1Cl. The van der Waals surface area contributed by atoms with Crippen molar-refractivity contribution in [2.75, 3.05) is 11.2 Å². The van der Waals surface area contributed by atoms with Crippen LogP contribution in [0.1, 0.15) is 21.5 Å². The first-order valence-electron chi connectivity index (χ1n) is 8.22. The van der Waals surface area contributed by atoms with Gasteiger partial charge in [-0.25, -0.2) is 9.37 Å². The summed E-state index contributed by atoms with van der Waals surface area (Å²) in [7, 11) is 0. The predicted molar refractivity (Wildman–Crippen MR) is 105 cm³/mol. The lowest BCUT2D eigenvalue weighted by atomic mass is 10.1. The van der Waals surface area contributed by atoms with Crippen molar-refractivity contribution in [3.8, 4) is 11.6 Å². The normalized spacial score (nSPS) is 10.4. The number of nitrogens with one attached hydrogen (secondary N) is 2. The fourth-order valence-corrected chi connectivity index (χ4v) is 2.57. The molecule has 28 heavy (non-hydrogen) atoms. The summed E-state index contributed by atoms with van der Waals surface area (Å²) in [4.78, 5) is 20.1. The molecule has 0 saturated heterocycles. The van der Waals surface area contributed by atoms with Gasteiger partial charge in [-0.05, 0) is 49.2 Å². The van der Waals surface area contributed by atoms with Crippen LogP contribution in [-0.2, 0) is 0 Å². The molecule has 0 aliphatic heterocycles. The van der Waals surface area contributed by atoms with Crippen molar-refractivity contribution < 1.29 is 13.9 Å². The number of rotatable bonds is 5. The fourth-order valence-electron chi connectivity index (χ4n) is 2.47. The first-order chi connectivity index (χ1) is 13.4. The Labute approximate surface area is 165 Å². The standard InChI is InChI=1S/C19H17ClFN5O2/c1-10-7-12(8-11(2)15(10)20)28-19-16(22)17(23-9-24-19)25-26-18(27)13-5-3-4-6-14(13)21/h3-9H,22H2,1-2H3,(H,26,27)(H,23,24,25). The van der Waals surface area contributed by atoms with Crippen molar-refractivity contribution in [3.05, 3.63) is 70.3 Å². The van der Waals surface area contributed by atoms with Crippen LogP contribution in [0.25, 0.3) is 0 Å². The second-order valence-electron chi connectivity index (χ2n) is 5.97. The van der Waals surface area contributed by atoms with Gasteiger partial charge in [-0.15, -0.1) is 0 Å². The topological polar surface area (TPSA) is 102 Å². The highest BCUT2D eigenvalue weighted by Gasteiger charge is 2.14. The molecule has 0 fully saturated rings. The Kier molecular flexibility index (Phi) is 5.60. The molecule has 0 saturated carbocycles. The number of amides is 1. The highest BCUT2D eigenvalue weighted by Crippen LogP contribution is 2.32. The van der Waals surface area contributed by atoms with E-state index in [2.05, 4.69) is 20.8 Å². The summed E-state index contributed by atoms with van der Waals surface area (Å²) in [6.07, 6.45) is 1.22. The van der Waals surface area contributed by atoms with Crippen LogP contribution in [0.3, 0.4) is 0 Å². The maximum absolute atomic E-state index is 13.7. The Morgan fingerprint density at radius 3 is 2.54 bits per heavy atom. The van der Waals surface area contributed by atoms with E-state index < -0.39 is 11.7 Å². The summed E-state index contributed by atoms with van der Waals surface area (Å²) in [5.74, 6) is -0.612. The van der Waals surface area contributed by atoms with E-state index in [4.69, 9.17) is 22.1 Å². The summed E-state index contributed by atoms with van der Waals surface area (Å²) in [6.45, 7) is 3.72. The number of aromatic nitrogens is 2. The molecule has 0 unspecified atom stereocenters. The monoisotopic (exact) mass is 401 g/mol. The average Bonchev–Trinajstić information content (AvgIpc) is 2.67. The summed E-state index contributed by atoms with van der Waals surface area (Å²) >= 11 is 6.16. The van der Waals surface area contributed by atoms with Crippen molar-refractivity contribution in [1.82, 2.24) is 15.4 Å². The predicted octanol–water partition coefficient (Wildman–Crippen LogP) is 4.02.